The van der Waals surface area contributed by atoms with E-state index in [0.29, 0.717) is 5.56 Å². The molecule has 78 valence electrons. The first-order valence-electron chi connectivity index (χ1n) is 4.11. The lowest BCUT2D eigenvalue weighted by molar-refractivity contribution is -0.115. The van der Waals surface area contributed by atoms with E-state index in [4.69, 9.17) is 11.5 Å². The number of hydrogen-bond donors (Lipinski definition) is 3. The monoisotopic (exact) mass is 206 g/mol. The topological polar surface area (TPSA) is 106 Å². The molecule has 5 nitrogen and oxygen atoms in total. The van der Waals surface area contributed by atoms with Crippen LogP contribution in [0.2, 0.25) is 0 Å². The van der Waals surface area contributed by atoms with Crippen LogP contribution in [0.25, 0.3) is 5.57 Å². The Morgan fingerprint density at radius 1 is 1.27 bits per heavy atom. The van der Waals surface area contributed by atoms with Crippen molar-refractivity contribution in [2.75, 3.05) is 0 Å². The Bertz CT molecular complexity index is 438. The molecule has 0 heterocycles. The maximum absolute atomic E-state index is 11.0. The summed E-state index contributed by atoms with van der Waals surface area (Å²) in [5.41, 5.74) is 10.3. The molecule has 0 saturated carbocycles. The van der Waals surface area contributed by atoms with Crippen LogP contribution in [0.1, 0.15) is 5.56 Å². The number of carbonyl (C=O) groups is 2. The van der Waals surface area contributed by atoms with Crippen LogP contribution in [-0.4, -0.2) is 16.9 Å². The summed E-state index contributed by atoms with van der Waals surface area (Å²) < 4.78 is 0. The van der Waals surface area contributed by atoms with Crippen molar-refractivity contribution in [1.82, 2.24) is 0 Å². The predicted octanol–water partition coefficient (Wildman–Crippen LogP) is -0.254. The number of primary amides is 2. The van der Waals surface area contributed by atoms with Gasteiger partial charge in [-0.25, -0.2) is 0 Å². The van der Waals surface area contributed by atoms with Crippen LogP contribution in [0.3, 0.4) is 0 Å². The van der Waals surface area contributed by atoms with E-state index in [2.05, 4.69) is 0 Å². The fourth-order valence-corrected chi connectivity index (χ4v) is 1.11. The zero-order valence-corrected chi connectivity index (χ0v) is 7.81. The molecule has 0 aromatic heterocycles. The first-order valence-corrected chi connectivity index (χ1v) is 4.11. The van der Waals surface area contributed by atoms with Crippen molar-refractivity contribution in [1.29, 1.82) is 0 Å². The minimum atomic E-state index is -0.778. The molecule has 1 rings (SSSR count). The summed E-state index contributed by atoms with van der Waals surface area (Å²) in [4.78, 5) is 21.7. The average Bonchev–Trinajstić information content (AvgIpc) is 2.13. The number of phenols is 1. The highest BCUT2D eigenvalue weighted by Crippen LogP contribution is 2.18. The number of amides is 2. The molecule has 5 N–H and O–H groups in total. The SMILES string of the molecule is NC(=O)C=C(C(N)=O)c1cccc(O)c1. The van der Waals surface area contributed by atoms with Gasteiger partial charge in [0.25, 0.3) is 0 Å². The molecule has 1 aromatic rings. The molecule has 0 radical (unpaired) electrons. The van der Waals surface area contributed by atoms with Gasteiger partial charge in [0.2, 0.25) is 11.8 Å². The standard InChI is InChI=1S/C10H10N2O3/c11-9(14)5-8(10(12)15)6-2-1-3-7(13)4-6/h1-5,13H,(H2,11,14)(H2,12,15). The summed E-state index contributed by atoms with van der Waals surface area (Å²) in [6.45, 7) is 0. The van der Waals surface area contributed by atoms with Crippen molar-refractivity contribution in [2.24, 2.45) is 11.5 Å². The lowest BCUT2D eigenvalue weighted by Crippen LogP contribution is -2.16. The number of carbonyl (C=O) groups excluding carboxylic acids is 2. The highest BCUT2D eigenvalue weighted by Gasteiger charge is 2.09. The Labute approximate surface area is 86.0 Å². The van der Waals surface area contributed by atoms with E-state index < -0.39 is 11.8 Å². The molecule has 1 aromatic carbocycles. The smallest absolute Gasteiger partial charge is 0.249 e. The number of hydrogen-bond acceptors (Lipinski definition) is 3. The third-order valence-corrected chi connectivity index (χ3v) is 1.71. The van der Waals surface area contributed by atoms with Gasteiger partial charge in [0, 0.05) is 6.08 Å². The third-order valence-electron chi connectivity index (χ3n) is 1.71. The molecule has 0 fully saturated rings. The quantitative estimate of drug-likeness (QED) is 0.593. The molecule has 0 atom stereocenters. The van der Waals surface area contributed by atoms with Crippen LogP contribution < -0.4 is 11.5 Å². The van der Waals surface area contributed by atoms with Crippen molar-refractivity contribution in [3.8, 4) is 5.75 Å². The number of rotatable bonds is 3. The number of aromatic hydroxyl groups is 1. The minimum Gasteiger partial charge on any atom is -0.508 e. The van der Waals surface area contributed by atoms with Gasteiger partial charge in [-0.3, -0.25) is 9.59 Å². The van der Waals surface area contributed by atoms with Gasteiger partial charge in [0.1, 0.15) is 5.75 Å². The lowest BCUT2D eigenvalue weighted by Gasteiger charge is -2.02. The molecule has 0 spiro atoms. The van der Waals surface area contributed by atoms with Gasteiger partial charge < -0.3 is 16.6 Å². The van der Waals surface area contributed by atoms with Crippen LogP contribution >= 0.6 is 0 Å². The maximum atomic E-state index is 11.0. The third kappa shape index (κ3) is 2.84. The zero-order valence-electron chi connectivity index (χ0n) is 7.81. The largest absolute Gasteiger partial charge is 0.508 e. The van der Waals surface area contributed by atoms with E-state index in [1.54, 1.807) is 6.07 Å². The molecule has 2 amide bonds. The number of nitrogens with two attached hydrogens (primary N) is 2. The molecular weight excluding hydrogens is 196 g/mol. The Morgan fingerprint density at radius 2 is 1.93 bits per heavy atom. The summed E-state index contributed by atoms with van der Waals surface area (Å²) in [5, 5.41) is 9.18. The number of phenolic OH excluding ortho intramolecular Hbond substituents is 1. The molecule has 0 unspecified atom stereocenters. The summed E-state index contributed by atoms with van der Waals surface area (Å²) >= 11 is 0. The summed E-state index contributed by atoms with van der Waals surface area (Å²) in [6.07, 6.45) is 0.928. The first kappa shape index (κ1) is 10.8. The zero-order chi connectivity index (χ0) is 11.4. The van der Waals surface area contributed by atoms with Crippen molar-refractivity contribution in [3.05, 3.63) is 35.9 Å². The molecule has 0 aliphatic carbocycles. The summed E-state index contributed by atoms with van der Waals surface area (Å²) in [7, 11) is 0. The van der Waals surface area contributed by atoms with Gasteiger partial charge >= 0.3 is 0 Å². The van der Waals surface area contributed by atoms with Crippen LogP contribution in [-0.2, 0) is 9.59 Å². The highest BCUT2D eigenvalue weighted by atomic mass is 16.3. The van der Waals surface area contributed by atoms with Crippen LogP contribution in [0.4, 0.5) is 0 Å². The van der Waals surface area contributed by atoms with E-state index in [1.807, 2.05) is 0 Å². The molecule has 0 saturated heterocycles. The predicted molar refractivity (Wildman–Crippen MR) is 54.5 cm³/mol. The highest BCUT2D eigenvalue weighted by molar-refractivity contribution is 6.22. The molecule has 5 heteroatoms. The van der Waals surface area contributed by atoms with Gasteiger partial charge in [-0.2, -0.15) is 0 Å². The van der Waals surface area contributed by atoms with Crippen LogP contribution in [0.15, 0.2) is 30.3 Å². The van der Waals surface area contributed by atoms with Gasteiger partial charge in [-0.1, -0.05) is 12.1 Å². The van der Waals surface area contributed by atoms with Crippen molar-refractivity contribution < 1.29 is 14.7 Å². The van der Waals surface area contributed by atoms with E-state index in [-0.39, 0.29) is 11.3 Å². The van der Waals surface area contributed by atoms with E-state index in [0.717, 1.165) is 6.08 Å². The molecule has 0 bridgehead atoms. The molecule has 0 aliphatic rings. The van der Waals surface area contributed by atoms with E-state index in [1.165, 1.54) is 18.2 Å². The van der Waals surface area contributed by atoms with Crippen LogP contribution in [0.5, 0.6) is 5.75 Å². The number of benzene rings is 1. The molecule has 0 aliphatic heterocycles. The van der Waals surface area contributed by atoms with Gasteiger partial charge in [0.15, 0.2) is 0 Å². The normalized spacial score (nSPS) is 11.1. The van der Waals surface area contributed by atoms with Crippen molar-refractivity contribution in [2.45, 2.75) is 0 Å². The van der Waals surface area contributed by atoms with Crippen molar-refractivity contribution in [3.63, 3.8) is 0 Å². The molecule has 15 heavy (non-hydrogen) atoms. The Hall–Kier alpha value is -2.30. The molecular formula is C10H10N2O3. The van der Waals surface area contributed by atoms with Gasteiger partial charge in [0.05, 0.1) is 5.57 Å². The fraction of sp³-hybridized carbons (Fsp3) is 0. The summed E-state index contributed by atoms with van der Waals surface area (Å²) in [6, 6.07) is 5.83. The first-order chi connectivity index (χ1) is 7.00. The Morgan fingerprint density at radius 3 is 2.40 bits per heavy atom. The second-order valence-electron chi connectivity index (χ2n) is 2.87. The van der Waals surface area contributed by atoms with Gasteiger partial charge in [-0.15, -0.1) is 0 Å². The van der Waals surface area contributed by atoms with E-state index in [9.17, 15) is 14.7 Å². The fourth-order valence-electron chi connectivity index (χ4n) is 1.11. The van der Waals surface area contributed by atoms with Gasteiger partial charge in [-0.05, 0) is 17.7 Å². The second kappa shape index (κ2) is 4.28. The van der Waals surface area contributed by atoms with Crippen molar-refractivity contribution >= 4 is 17.4 Å². The van der Waals surface area contributed by atoms with E-state index >= 15 is 0 Å². The summed E-state index contributed by atoms with van der Waals surface area (Å²) in [5.74, 6) is -1.57. The second-order valence-corrected chi connectivity index (χ2v) is 2.87. The Balaban J connectivity index is 3.22. The Kier molecular flexibility index (Phi) is 3.07. The lowest BCUT2D eigenvalue weighted by atomic mass is 10.0. The average molecular weight is 206 g/mol. The maximum Gasteiger partial charge on any atom is 0.249 e. The minimum absolute atomic E-state index is 0.0240. The van der Waals surface area contributed by atoms with Crippen LogP contribution in [0, 0.1) is 0 Å².